The molecule has 1 fully saturated rings. The summed E-state index contributed by atoms with van der Waals surface area (Å²) in [7, 11) is 2.34. The second-order valence-electron chi connectivity index (χ2n) is 6.49. The molecule has 0 unspecified atom stereocenters. The molecule has 0 saturated carbocycles. The Morgan fingerprint density at radius 2 is 1.64 bits per heavy atom. The minimum atomic E-state index is -0.528. The van der Waals surface area contributed by atoms with Crippen molar-refractivity contribution in [1.82, 2.24) is 0 Å². The number of methoxy groups -OCH3 is 2. The molecule has 0 bridgehead atoms. The zero-order valence-electron chi connectivity index (χ0n) is 14.3. The van der Waals surface area contributed by atoms with Crippen LogP contribution in [-0.2, 0) is 14.0 Å². The van der Waals surface area contributed by atoms with E-state index in [2.05, 4.69) is 0 Å². The van der Waals surface area contributed by atoms with E-state index in [0.717, 1.165) is 11.0 Å². The van der Waals surface area contributed by atoms with Gasteiger partial charge in [0, 0.05) is 0 Å². The van der Waals surface area contributed by atoms with E-state index in [-0.39, 0.29) is 0 Å². The van der Waals surface area contributed by atoms with Crippen molar-refractivity contribution in [1.29, 1.82) is 0 Å². The molecule has 6 heteroatoms. The largest absolute Gasteiger partial charge is 0.496 e. The summed E-state index contributed by atoms with van der Waals surface area (Å²) in [5.41, 5.74) is 1.23. The van der Waals surface area contributed by atoms with Gasteiger partial charge in [-0.1, -0.05) is 0 Å². The van der Waals surface area contributed by atoms with Crippen molar-refractivity contribution < 1.29 is 23.6 Å². The molecule has 0 amide bonds. The molecule has 1 aromatic carbocycles. The van der Waals surface area contributed by atoms with E-state index in [0.29, 0.717) is 11.3 Å². The number of esters is 1. The van der Waals surface area contributed by atoms with Crippen LogP contribution in [0.25, 0.3) is 0 Å². The lowest BCUT2D eigenvalue weighted by Gasteiger charge is -2.32. The number of benzene rings is 1. The summed E-state index contributed by atoms with van der Waals surface area (Å²) < 4.78 is 22.2. The van der Waals surface area contributed by atoms with E-state index in [4.69, 9.17) is 18.8 Å². The first-order valence-corrected chi connectivity index (χ1v) is 7.25. The standard InChI is InChI=1S/C16H23BO5/c1-10-8-13(19-6)11(14(18)20-7)9-12(10)17-21-15(2,3)16(4,5)22-17/h8-9H,1-7H3. The van der Waals surface area contributed by atoms with Crippen LogP contribution in [0.2, 0.25) is 0 Å². The van der Waals surface area contributed by atoms with E-state index in [1.807, 2.05) is 34.6 Å². The molecule has 0 aliphatic carbocycles. The lowest BCUT2D eigenvalue weighted by molar-refractivity contribution is 0.00578. The lowest BCUT2D eigenvalue weighted by Crippen LogP contribution is -2.41. The fourth-order valence-electron chi connectivity index (χ4n) is 2.36. The van der Waals surface area contributed by atoms with Crippen molar-refractivity contribution in [2.75, 3.05) is 14.2 Å². The van der Waals surface area contributed by atoms with Gasteiger partial charge in [0.05, 0.1) is 25.4 Å². The molecule has 0 N–H and O–H groups in total. The van der Waals surface area contributed by atoms with Gasteiger partial charge in [0.25, 0.3) is 0 Å². The first-order valence-electron chi connectivity index (χ1n) is 7.25. The van der Waals surface area contributed by atoms with Crippen molar-refractivity contribution in [3.63, 3.8) is 0 Å². The van der Waals surface area contributed by atoms with Gasteiger partial charge in [-0.2, -0.15) is 0 Å². The van der Waals surface area contributed by atoms with Crippen molar-refractivity contribution in [2.24, 2.45) is 0 Å². The molecular formula is C16H23BO5. The number of carbonyl (C=O) groups is 1. The van der Waals surface area contributed by atoms with Crippen LogP contribution >= 0.6 is 0 Å². The number of aryl methyl sites for hydroxylation is 1. The Morgan fingerprint density at radius 1 is 1.09 bits per heavy atom. The van der Waals surface area contributed by atoms with Crippen molar-refractivity contribution >= 4 is 18.6 Å². The predicted octanol–water partition coefficient (Wildman–Crippen LogP) is 2.09. The summed E-state index contributed by atoms with van der Waals surface area (Å²) in [5.74, 6) is 0.0271. The van der Waals surface area contributed by atoms with E-state index >= 15 is 0 Å². The Balaban J connectivity index is 2.47. The lowest BCUT2D eigenvalue weighted by atomic mass is 9.75. The second-order valence-corrected chi connectivity index (χ2v) is 6.49. The molecule has 120 valence electrons. The maximum atomic E-state index is 11.9. The molecule has 0 spiro atoms. The number of hydrogen-bond acceptors (Lipinski definition) is 5. The highest BCUT2D eigenvalue weighted by molar-refractivity contribution is 6.62. The van der Waals surface area contributed by atoms with Crippen LogP contribution in [0.15, 0.2) is 12.1 Å². The number of ether oxygens (including phenoxy) is 2. The summed E-state index contributed by atoms with van der Waals surface area (Å²) in [6.07, 6.45) is 0. The van der Waals surface area contributed by atoms with E-state index in [1.165, 1.54) is 14.2 Å². The fourth-order valence-corrected chi connectivity index (χ4v) is 2.36. The maximum absolute atomic E-state index is 11.9. The first kappa shape index (κ1) is 16.8. The number of carbonyl (C=O) groups excluding carboxylic acids is 1. The van der Waals surface area contributed by atoms with Gasteiger partial charge < -0.3 is 18.8 Å². The Labute approximate surface area is 132 Å². The maximum Gasteiger partial charge on any atom is 0.495 e. The Kier molecular flexibility index (Phi) is 4.28. The van der Waals surface area contributed by atoms with Crippen LogP contribution in [0.4, 0.5) is 0 Å². The summed E-state index contributed by atoms with van der Waals surface area (Å²) in [6.45, 7) is 9.91. The van der Waals surface area contributed by atoms with E-state index in [9.17, 15) is 4.79 Å². The monoisotopic (exact) mass is 306 g/mol. The average molecular weight is 306 g/mol. The van der Waals surface area contributed by atoms with Gasteiger partial charge in [-0.3, -0.25) is 0 Å². The van der Waals surface area contributed by atoms with Gasteiger partial charge in [-0.05, 0) is 57.8 Å². The van der Waals surface area contributed by atoms with Crippen LogP contribution in [-0.4, -0.2) is 38.5 Å². The highest BCUT2D eigenvalue weighted by atomic mass is 16.7. The average Bonchev–Trinajstić information content (AvgIpc) is 2.65. The van der Waals surface area contributed by atoms with E-state index in [1.54, 1.807) is 12.1 Å². The summed E-state index contributed by atoms with van der Waals surface area (Å²) in [5, 5.41) is 0. The molecule has 1 aliphatic rings. The topological polar surface area (TPSA) is 54.0 Å². The van der Waals surface area contributed by atoms with Gasteiger partial charge in [-0.25, -0.2) is 4.79 Å². The summed E-state index contributed by atoms with van der Waals surface area (Å²) in [6, 6.07) is 3.52. The first-order chi connectivity index (χ1) is 10.1. The van der Waals surface area contributed by atoms with Gasteiger partial charge in [0.1, 0.15) is 11.3 Å². The molecule has 22 heavy (non-hydrogen) atoms. The van der Waals surface area contributed by atoms with Gasteiger partial charge in [0.15, 0.2) is 0 Å². The SMILES string of the molecule is COC(=O)c1cc(B2OC(C)(C)C(C)(C)O2)c(C)cc1OC. The zero-order chi connectivity index (χ0) is 16.7. The molecule has 0 aromatic heterocycles. The summed E-state index contributed by atoms with van der Waals surface area (Å²) >= 11 is 0. The normalized spacial score (nSPS) is 19.1. The van der Waals surface area contributed by atoms with Crippen LogP contribution in [0.3, 0.4) is 0 Å². The molecule has 0 atom stereocenters. The fraction of sp³-hybridized carbons (Fsp3) is 0.562. The molecule has 1 heterocycles. The number of rotatable bonds is 3. The highest BCUT2D eigenvalue weighted by Gasteiger charge is 2.52. The molecular weight excluding hydrogens is 283 g/mol. The highest BCUT2D eigenvalue weighted by Crippen LogP contribution is 2.37. The third-order valence-corrected chi connectivity index (χ3v) is 4.50. The molecule has 2 rings (SSSR count). The quantitative estimate of drug-likeness (QED) is 0.632. The van der Waals surface area contributed by atoms with Crippen LogP contribution in [0.1, 0.15) is 43.6 Å². The Hall–Kier alpha value is -1.53. The third-order valence-electron chi connectivity index (χ3n) is 4.50. The molecule has 1 aliphatic heterocycles. The smallest absolute Gasteiger partial charge is 0.495 e. The Morgan fingerprint density at radius 3 is 2.09 bits per heavy atom. The second kappa shape index (κ2) is 5.59. The number of hydrogen-bond donors (Lipinski definition) is 0. The summed E-state index contributed by atoms with van der Waals surface area (Å²) in [4.78, 5) is 11.9. The minimum Gasteiger partial charge on any atom is -0.496 e. The van der Waals surface area contributed by atoms with Gasteiger partial charge in [-0.15, -0.1) is 0 Å². The van der Waals surface area contributed by atoms with Crippen LogP contribution < -0.4 is 10.2 Å². The van der Waals surface area contributed by atoms with Crippen molar-refractivity contribution in [2.45, 2.75) is 45.8 Å². The molecule has 5 nitrogen and oxygen atoms in total. The van der Waals surface area contributed by atoms with Crippen LogP contribution in [0.5, 0.6) is 5.75 Å². The van der Waals surface area contributed by atoms with Crippen molar-refractivity contribution in [3.8, 4) is 5.75 Å². The molecule has 0 radical (unpaired) electrons. The molecule has 1 saturated heterocycles. The van der Waals surface area contributed by atoms with Gasteiger partial charge >= 0.3 is 13.1 Å². The Bertz CT molecular complexity index is 578. The predicted molar refractivity (Wildman–Crippen MR) is 84.8 cm³/mol. The van der Waals surface area contributed by atoms with Crippen LogP contribution in [0, 0.1) is 6.92 Å². The minimum absolute atomic E-state index is 0.361. The van der Waals surface area contributed by atoms with Gasteiger partial charge in [0.2, 0.25) is 0 Å². The zero-order valence-corrected chi connectivity index (χ0v) is 14.3. The molecule has 1 aromatic rings. The van der Waals surface area contributed by atoms with E-state index < -0.39 is 24.3 Å². The third kappa shape index (κ3) is 2.73. The van der Waals surface area contributed by atoms with Crippen molar-refractivity contribution in [3.05, 3.63) is 23.3 Å².